The Hall–Kier alpha value is -4.44. The van der Waals surface area contributed by atoms with Gasteiger partial charge in [-0.15, -0.1) is 11.8 Å². The number of rotatable bonds is 11. The number of amides is 3. The number of thioether (sulfide) groups is 1. The highest BCUT2D eigenvalue weighted by atomic mass is 35.5. The molecule has 0 saturated heterocycles. The molecule has 0 fully saturated rings. The number of nitrogens with one attached hydrogen (secondary N) is 3. The van der Waals surface area contributed by atoms with Crippen molar-refractivity contribution in [2.24, 2.45) is 0 Å². The lowest BCUT2D eigenvalue weighted by Crippen LogP contribution is -2.30. The molecule has 0 aliphatic carbocycles. The second kappa shape index (κ2) is 15.3. The molecule has 4 rings (SSSR count). The summed E-state index contributed by atoms with van der Waals surface area (Å²) >= 11 is 13.3. The second-order valence-electron chi connectivity index (χ2n) is 9.32. The first-order valence-corrected chi connectivity index (χ1v) is 14.9. The minimum atomic E-state index is -0.547. The third kappa shape index (κ3) is 8.57. The smallest absolute Gasteiger partial charge is 0.272 e. The lowest BCUT2D eigenvalue weighted by Gasteiger charge is -2.15. The fourth-order valence-corrected chi connectivity index (χ4v) is 5.18. The fourth-order valence-electron chi connectivity index (χ4n) is 4.01. The van der Waals surface area contributed by atoms with E-state index in [1.807, 2.05) is 0 Å². The van der Waals surface area contributed by atoms with E-state index in [1.54, 1.807) is 97.9 Å². The van der Waals surface area contributed by atoms with Crippen LogP contribution in [0.1, 0.15) is 22.8 Å². The van der Waals surface area contributed by atoms with Crippen LogP contribution in [0.3, 0.4) is 0 Å². The van der Waals surface area contributed by atoms with E-state index in [1.165, 1.54) is 32.1 Å². The molecule has 0 spiro atoms. The van der Waals surface area contributed by atoms with E-state index in [2.05, 4.69) is 16.0 Å². The number of ether oxygens (including phenoxy) is 2. The summed E-state index contributed by atoms with van der Waals surface area (Å²) in [6.07, 6.45) is 1.52. The normalized spacial score (nSPS) is 11.7. The lowest BCUT2D eigenvalue weighted by atomic mass is 10.1. The van der Waals surface area contributed by atoms with E-state index in [4.69, 9.17) is 32.7 Å². The highest BCUT2D eigenvalue weighted by molar-refractivity contribution is 8.00. The van der Waals surface area contributed by atoms with Crippen LogP contribution in [-0.4, -0.2) is 37.2 Å². The molecule has 4 aromatic carbocycles. The van der Waals surface area contributed by atoms with E-state index >= 15 is 0 Å². The van der Waals surface area contributed by atoms with Gasteiger partial charge in [-0.2, -0.15) is 0 Å². The average Bonchev–Trinajstić information content (AvgIpc) is 3.03. The quantitative estimate of drug-likeness (QED) is 0.114. The van der Waals surface area contributed by atoms with Crippen molar-refractivity contribution < 1.29 is 23.9 Å². The predicted octanol–water partition coefficient (Wildman–Crippen LogP) is 7.54. The fraction of sp³-hybridized carbons (Fsp3) is 0.121. The molecule has 0 aromatic heterocycles. The van der Waals surface area contributed by atoms with Gasteiger partial charge >= 0.3 is 0 Å². The van der Waals surface area contributed by atoms with Gasteiger partial charge in [-0.1, -0.05) is 53.5 Å². The number of benzene rings is 4. The number of carbonyl (C=O) groups is 3. The second-order valence-corrected chi connectivity index (χ2v) is 11.5. The number of halogens is 2. The molecule has 3 N–H and O–H groups in total. The summed E-state index contributed by atoms with van der Waals surface area (Å²) in [5, 5.41) is 8.69. The maximum Gasteiger partial charge on any atom is 0.272 e. The van der Waals surface area contributed by atoms with Crippen molar-refractivity contribution in [3.8, 4) is 11.5 Å². The molecule has 3 amide bonds. The standard InChI is InChI=1S/C33H29Cl2N3O5S/c1-20(31(39)37-24-14-17-26(34)27(35)19-24)44-25-15-12-23(13-16-25)36-33(41)28(38-32(40)21-8-5-4-6-9-21)18-22-10-7-11-29(42-2)30(22)43-3/h4-20H,1-3H3,(H,36,41)(H,37,39)(H,38,40)/b28-18-. The van der Waals surface area contributed by atoms with Crippen molar-refractivity contribution in [1.82, 2.24) is 5.32 Å². The summed E-state index contributed by atoms with van der Waals surface area (Å²) in [7, 11) is 3.01. The van der Waals surface area contributed by atoms with Crippen LogP contribution in [0.5, 0.6) is 11.5 Å². The van der Waals surface area contributed by atoms with Gasteiger partial charge in [0.25, 0.3) is 11.8 Å². The van der Waals surface area contributed by atoms with Crippen LogP contribution in [0.4, 0.5) is 11.4 Å². The molecule has 44 heavy (non-hydrogen) atoms. The van der Waals surface area contributed by atoms with Crippen LogP contribution in [0.15, 0.2) is 102 Å². The summed E-state index contributed by atoms with van der Waals surface area (Å²) < 4.78 is 10.9. The minimum Gasteiger partial charge on any atom is -0.493 e. The molecule has 4 aromatic rings. The van der Waals surface area contributed by atoms with E-state index in [0.29, 0.717) is 44.0 Å². The molecule has 0 saturated carbocycles. The zero-order valence-electron chi connectivity index (χ0n) is 24.0. The molecule has 226 valence electrons. The maximum atomic E-state index is 13.5. The number of methoxy groups -OCH3 is 2. The molecule has 0 radical (unpaired) electrons. The van der Waals surface area contributed by atoms with Crippen molar-refractivity contribution in [3.63, 3.8) is 0 Å². The van der Waals surface area contributed by atoms with Gasteiger partial charge in [-0.25, -0.2) is 0 Å². The molecule has 8 nitrogen and oxygen atoms in total. The third-order valence-electron chi connectivity index (χ3n) is 6.24. The molecule has 0 aliphatic rings. The first-order valence-electron chi connectivity index (χ1n) is 13.3. The summed E-state index contributed by atoms with van der Waals surface area (Å²) in [6, 6.07) is 25.7. The molecule has 1 unspecified atom stereocenters. The summed E-state index contributed by atoms with van der Waals surface area (Å²) in [5.41, 5.74) is 1.96. The summed E-state index contributed by atoms with van der Waals surface area (Å²) in [5.74, 6) is -0.318. The van der Waals surface area contributed by atoms with E-state index in [9.17, 15) is 14.4 Å². The van der Waals surface area contributed by atoms with Crippen LogP contribution in [0.2, 0.25) is 10.0 Å². The van der Waals surface area contributed by atoms with Crippen LogP contribution in [-0.2, 0) is 9.59 Å². The van der Waals surface area contributed by atoms with E-state index in [-0.39, 0.29) is 11.6 Å². The van der Waals surface area contributed by atoms with Crippen LogP contribution >= 0.6 is 35.0 Å². The van der Waals surface area contributed by atoms with Gasteiger partial charge in [-0.3, -0.25) is 14.4 Å². The summed E-state index contributed by atoms with van der Waals surface area (Å²) in [4.78, 5) is 40.0. The Labute approximate surface area is 269 Å². The van der Waals surface area contributed by atoms with Gasteiger partial charge in [0.2, 0.25) is 5.91 Å². The number of hydrogen-bond donors (Lipinski definition) is 3. The molecular formula is C33H29Cl2N3O5S. The zero-order chi connectivity index (χ0) is 31.6. The van der Waals surface area contributed by atoms with E-state index < -0.39 is 17.1 Å². The Morgan fingerprint density at radius 2 is 1.50 bits per heavy atom. The minimum absolute atomic E-state index is 0.00328. The zero-order valence-corrected chi connectivity index (χ0v) is 26.3. The van der Waals surface area contributed by atoms with Crippen molar-refractivity contribution in [2.45, 2.75) is 17.1 Å². The van der Waals surface area contributed by atoms with Crippen molar-refractivity contribution in [2.75, 3.05) is 24.9 Å². The molecule has 0 bridgehead atoms. The Morgan fingerprint density at radius 3 is 2.16 bits per heavy atom. The largest absolute Gasteiger partial charge is 0.493 e. The Kier molecular flexibility index (Phi) is 11.3. The first kappa shape index (κ1) is 32.5. The molecule has 11 heteroatoms. The van der Waals surface area contributed by atoms with Crippen LogP contribution < -0.4 is 25.4 Å². The highest BCUT2D eigenvalue weighted by Crippen LogP contribution is 2.32. The molecule has 0 aliphatic heterocycles. The van der Waals surface area contributed by atoms with Gasteiger partial charge in [-0.05, 0) is 73.7 Å². The molecular weight excluding hydrogens is 621 g/mol. The topological polar surface area (TPSA) is 106 Å². The van der Waals surface area contributed by atoms with Crippen LogP contribution in [0, 0.1) is 0 Å². The highest BCUT2D eigenvalue weighted by Gasteiger charge is 2.18. The molecule has 0 heterocycles. The van der Waals surface area contributed by atoms with Crippen LogP contribution in [0.25, 0.3) is 6.08 Å². The van der Waals surface area contributed by atoms with Crippen molar-refractivity contribution in [1.29, 1.82) is 0 Å². The maximum absolute atomic E-state index is 13.5. The summed E-state index contributed by atoms with van der Waals surface area (Å²) in [6.45, 7) is 1.78. The Morgan fingerprint density at radius 1 is 0.795 bits per heavy atom. The van der Waals surface area contributed by atoms with Gasteiger partial charge in [0.1, 0.15) is 5.70 Å². The van der Waals surface area contributed by atoms with Gasteiger partial charge in [0.15, 0.2) is 11.5 Å². The van der Waals surface area contributed by atoms with E-state index in [0.717, 1.165) is 4.90 Å². The number of para-hydroxylation sites is 1. The Bertz CT molecular complexity index is 1680. The Balaban J connectivity index is 1.48. The van der Waals surface area contributed by atoms with Crippen molar-refractivity contribution in [3.05, 3.63) is 118 Å². The lowest BCUT2D eigenvalue weighted by molar-refractivity contribution is -0.115. The molecule has 1 atom stereocenters. The van der Waals surface area contributed by atoms with Crippen molar-refractivity contribution >= 4 is 70.1 Å². The van der Waals surface area contributed by atoms with Gasteiger partial charge in [0, 0.05) is 27.4 Å². The first-order chi connectivity index (χ1) is 21.2. The number of carbonyl (C=O) groups excluding carboxylic acids is 3. The average molecular weight is 651 g/mol. The SMILES string of the molecule is COc1cccc(/C=C(\NC(=O)c2ccccc2)C(=O)Nc2ccc(SC(C)C(=O)Nc3ccc(Cl)c(Cl)c3)cc2)c1OC. The third-order valence-corrected chi connectivity index (χ3v) is 8.09. The number of hydrogen-bond acceptors (Lipinski definition) is 6. The monoisotopic (exact) mass is 649 g/mol. The van der Waals surface area contributed by atoms with Gasteiger partial charge < -0.3 is 25.4 Å². The predicted molar refractivity (Wildman–Crippen MR) is 177 cm³/mol. The van der Waals surface area contributed by atoms with Gasteiger partial charge in [0.05, 0.1) is 29.5 Å². The number of anilines is 2.